The molecular weight excluding hydrogens is 288 g/mol. The molecule has 1 heterocycles. The molecule has 0 aliphatic heterocycles. The minimum absolute atomic E-state index is 0.0689. The van der Waals surface area contributed by atoms with Crippen LogP contribution >= 0.6 is 11.6 Å². The third kappa shape index (κ3) is 2.71. The number of benzene rings is 1. The number of anilines is 1. The van der Waals surface area contributed by atoms with E-state index in [-0.39, 0.29) is 18.2 Å². The average Bonchev–Trinajstić information content (AvgIpc) is 2.49. The number of nitrogens with zero attached hydrogens (tertiary/aromatic N) is 1. The van der Waals surface area contributed by atoms with Crippen molar-refractivity contribution < 1.29 is 9.47 Å². The predicted octanol–water partition coefficient (Wildman–Crippen LogP) is 3.49. The fourth-order valence-electron chi connectivity index (χ4n) is 2.87. The number of hydrogen-bond donors (Lipinski definition) is 1. The molecule has 0 bridgehead atoms. The maximum atomic E-state index is 6.22. The molecular formula is C16H19ClN2O2. The van der Waals surface area contributed by atoms with Crippen LogP contribution in [0, 0.1) is 0 Å². The topological polar surface area (TPSA) is 43.4 Å². The molecule has 0 radical (unpaired) electrons. The standard InChI is InChI=1S/C16H19ClN2O2/c1-3-21-14-9-13(16(14)20-2)19-12-7-6-11(17)10-5-4-8-18-15(10)12/h4-8,13-14,16,19H,3,9H2,1-2H3. The van der Waals surface area contributed by atoms with E-state index in [1.165, 1.54) is 0 Å². The molecule has 0 spiro atoms. The Morgan fingerprint density at radius 2 is 2.24 bits per heavy atom. The quantitative estimate of drug-likeness (QED) is 0.918. The summed E-state index contributed by atoms with van der Waals surface area (Å²) >= 11 is 6.22. The highest BCUT2D eigenvalue weighted by atomic mass is 35.5. The van der Waals surface area contributed by atoms with Gasteiger partial charge in [0.1, 0.15) is 6.10 Å². The summed E-state index contributed by atoms with van der Waals surface area (Å²) in [6, 6.07) is 7.97. The minimum Gasteiger partial charge on any atom is -0.378 e. The Labute approximate surface area is 129 Å². The molecule has 1 aliphatic carbocycles. The van der Waals surface area contributed by atoms with Crippen LogP contribution in [0.3, 0.4) is 0 Å². The third-order valence-electron chi connectivity index (χ3n) is 3.96. The summed E-state index contributed by atoms with van der Waals surface area (Å²) < 4.78 is 11.2. The van der Waals surface area contributed by atoms with Gasteiger partial charge in [-0.3, -0.25) is 4.98 Å². The molecule has 1 aliphatic rings. The van der Waals surface area contributed by atoms with Crippen molar-refractivity contribution in [1.29, 1.82) is 0 Å². The lowest BCUT2D eigenvalue weighted by molar-refractivity contribution is -0.117. The summed E-state index contributed by atoms with van der Waals surface area (Å²) in [6.45, 7) is 2.72. The van der Waals surface area contributed by atoms with Gasteiger partial charge in [0.15, 0.2) is 0 Å². The zero-order valence-corrected chi connectivity index (χ0v) is 12.9. The van der Waals surface area contributed by atoms with Crippen LogP contribution in [0.1, 0.15) is 13.3 Å². The highest BCUT2D eigenvalue weighted by Gasteiger charge is 2.42. The molecule has 1 saturated carbocycles. The minimum atomic E-state index is 0.0689. The molecule has 3 rings (SSSR count). The molecule has 0 saturated heterocycles. The van der Waals surface area contributed by atoms with Crippen LogP contribution in [0.4, 0.5) is 5.69 Å². The second-order valence-corrected chi connectivity index (χ2v) is 5.58. The molecule has 3 unspecified atom stereocenters. The summed E-state index contributed by atoms with van der Waals surface area (Å²) in [7, 11) is 1.72. The van der Waals surface area contributed by atoms with Crippen LogP contribution in [0.5, 0.6) is 0 Å². The van der Waals surface area contributed by atoms with Crippen LogP contribution in [-0.2, 0) is 9.47 Å². The van der Waals surface area contributed by atoms with E-state index in [0.29, 0.717) is 11.6 Å². The summed E-state index contributed by atoms with van der Waals surface area (Å²) in [5.74, 6) is 0. The highest BCUT2D eigenvalue weighted by Crippen LogP contribution is 2.33. The lowest BCUT2D eigenvalue weighted by Gasteiger charge is -2.43. The maximum Gasteiger partial charge on any atom is 0.103 e. The van der Waals surface area contributed by atoms with Crippen molar-refractivity contribution >= 4 is 28.2 Å². The number of methoxy groups -OCH3 is 1. The Bertz CT molecular complexity index is 635. The molecule has 1 N–H and O–H groups in total. The van der Waals surface area contributed by atoms with Gasteiger partial charge < -0.3 is 14.8 Å². The zero-order chi connectivity index (χ0) is 14.8. The average molecular weight is 307 g/mol. The Kier molecular flexibility index (Phi) is 4.29. The molecule has 21 heavy (non-hydrogen) atoms. The third-order valence-corrected chi connectivity index (χ3v) is 4.29. The summed E-state index contributed by atoms with van der Waals surface area (Å²) in [4.78, 5) is 4.44. The molecule has 0 amide bonds. The molecule has 1 aromatic heterocycles. The lowest BCUT2D eigenvalue weighted by atomic mass is 9.85. The smallest absolute Gasteiger partial charge is 0.103 e. The van der Waals surface area contributed by atoms with Crippen molar-refractivity contribution in [2.45, 2.75) is 31.6 Å². The Balaban J connectivity index is 1.82. The van der Waals surface area contributed by atoms with Gasteiger partial charge in [-0.05, 0) is 37.6 Å². The number of hydrogen-bond acceptors (Lipinski definition) is 4. The van der Waals surface area contributed by atoms with E-state index in [1.54, 1.807) is 13.3 Å². The van der Waals surface area contributed by atoms with Gasteiger partial charge in [-0.1, -0.05) is 11.6 Å². The van der Waals surface area contributed by atoms with Crippen molar-refractivity contribution in [2.24, 2.45) is 0 Å². The first-order chi connectivity index (χ1) is 10.2. The predicted molar refractivity (Wildman–Crippen MR) is 85.0 cm³/mol. The molecule has 5 heteroatoms. The van der Waals surface area contributed by atoms with Gasteiger partial charge in [0, 0.05) is 25.3 Å². The lowest BCUT2D eigenvalue weighted by Crippen LogP contribution is -2.56. The van der Waals surface area contributed by atoms with Crippen LogP contribution in [0.15, 0.2) is 30.5 Å². The van der Waals surface area contributed by atoms with Crippen molar-refractivity contribution in [3.63, 3.8) is 0 Å². The first-order valence-corrected chi connectivity index (χ1v) is 7.56. The molecule has 2 aromatic rings. The Morgan fingerprint density at radius 3 is 3.00 bits per heavy atom. The summed E-state index contributed by atoms with van der Waals surface area (Å²) in [5.41, 5.74) is 1.87. The SMILES string of the molecule is CCOC1CC(Nc2ccc(Cl)c3cccnc23)C1OC. The van der Waals surface area contributed by atoms with E-state index in [2.05, 4.69) is 10.3 Å². The number of rotatable bonds is 5. The number of aromatic nitrogens is 1. The van der Waals surface area contributed by atoms with Gasteiger partial charge in [0.05, 0.1) is 28.4 Å². The van der Waals surface area contributed by atoms with E-state index in [1.807, 2.05) is 31.2 Å². The van der Waals surface area contributed by atoms with Crippen molar-refractivity contribution in [3.8, 4) is 0 Å². The molecule has 3 atom stereocenters. The number of nitrogens with one attached hydrogen (secondary N) is 1. The fourth-order valence-corrected chi connectivity index (χ4v) is 3.09. The number of pyridine rings is 1. The monoisotopic (exact) mass is 306 g/mol. The van der Waals surface area contributed by atoms with Gasteiger partial charge >= 0.3 is 0 Å². The molecule has 4 nitrogen and oxygen atoms in total. The largest absolute Gasteiger partial charge is 0.378 e. The van der Waals surface area contributed by atoms with Gasteiger partial charge in [-0.15, -0.1) is 0 Å². The van der Waals surface area contributed by atoms with E-state index in [9.17, 15) is 0 Å². The van der Waals surface area contributed by atoms with E-state index >= 15 is 0 Å². The normalized spacial score (nSPS) is 24.8. The number of fused-ring (bicyclic) bond motifs is 1. The van der Waals surface area contributed by atoms with Crippen LogP contribution in [0.25, 0.3) is 10.9 Å². The van der Waals surface area contributed by atoms with Crippen molar-refractivity contribution in [1.82, 2.24) is 4.98 Å². The second-order valence-electron chi connectivity index (χ2n) is 5.18. The van der Waals surface area contributed by atoms with Gasteiger partial charge in [-0.25, -0.2) is 0 Å². The van der Waals surface area contributed by atoms with Gasteiger partial charge in [0.2, 0.25) is 0 Å². The van der Waals surface area contributed by atoms with E-state index < -0.39 is 0 Å². The Morgan fingerprint density at radius 1 is 1.38 bits per heavy atom. The van der Waals surface area contributed by atoms with Crippen LogP contribution in [0.2, 0.25) is 5.02 Å². The highest BCUT2D eigenvalue weighted by molar-refractivity contribution is 6.35. The van der Waals surface area contributed by atoms with E-state index in [4.69, 9.17) is 21.1 Å². The molecule has 112 valence electrons. The summed E-state index contributed by atoms with van der Waals surface area (Å²) in [6.07, 6.45) is 2.95. The van der Waals surface area contributed by atoms with Crippen LogP contribution in [-0.4, -0.2) is 37.0 Å². The van der Waals surface area contributed by atoms with Gasteiger partial charge in [0.25, 0.3) is 0 Å². The second kappa shape index (κ2) is 6.18. The van der Waals surface area contributed by atoms with Crippen LogP contribution < -0.4 is 5.32 Å². The zero-order valence-electron chi connectivity index (χ0n) is 12.2. The number of halogens is 1. The Hall–Kier alpha value is -1.36. The number of ether oxygens (including phenoxy) is 2. The molecule has 1 aromatic carbocycles. The van der Waals surface area contributed by atoms with Crippen molar-refractivity contribution in [3.05, 3.63) is 35.5 Å². The maximum absolute atomic E-state index is 6.22. The first-order valence-electron chi connectivity index (χ1n) is 7.18. The van der Waals surface area contributed by atoms with Crippen molar-refractivity contribution in [2.75, 3.05) is 19.0 Å². The van der Waals surface area contributed by atoms with E-state index in [0.717, 1.165) is 23.0 Å². The first kappa shape index (κ1) is 14.6. The summed E-state index contributed by atoms with van der Waals surface area (Å²) in [5, 5.41) is 5.18. The molecule has 1 fully saturated rings. The fraction of sp³-hybridized carbons (Fsp3) is 0.438. The van der Waals surface area contributed by atoms with Gasteiger partial charge in [-0.2, -0.15) is 0 Å².